The molecule has 2 aliphatic rings. The average molecular weight is 285 g/mol. The van der Waals surface area contributed by atoms with E-state index in [0.29, 0.717) is 18.7 Å². The second-order valence-corrected chi connectivity index (χ2v) is 6.98. The second kappa shape index (κ2) is 7.53. The molecule has 3 nitrogen and oxygen atoms in total. The number of esters is 1. The third-order valence-electron chi connectivity index (χ3n) is 4.48. The summed E-state index contributed by atoms with van der Waals surface area (Å²) >= 11 is 2.00. The van der Waals surface area contributed by atoms with Crippen LogP contribution in [0.25, 0.3) is 0 Å². The molecule has 2 fully saturated rings. The minimum atomic E-state index is 0.0161. The molecule has 0 bridgehead atoms. The highest BCUT2D eigenvalue weighted by Crippen LogP contribution is 2.31. The Morgan fingerprint density at radius 2 is 2.00 bits per heavy atom. The molecule has 0 heterocycles. The SMILES string of the molecule is CCOC(=O)C1CCCC(NC2CCC(SC)C2)C1. The van der Waals surface area contributed by atoms with Gasteiger partial charge in [-0.2, -0.15) is 11.8 Å². The van der Waals surface area contributed by atoms with Crippen LogP contribution in [0.3, 0.4) is 0 Å². The van der Waals surface area contributed by atoms with Gasteiger partial charge in [0.25, 0.3) is 0 Å². The summed E-state index contributed by atoms with van der Waals surface area (Å²) in [6, 6.07) is 1.19. The summed E-state index contributed by atoms with van der Waals surface area (Å²) in [5.74, 6) is 0.145. The Balaban J connectivity index is 1.76. The Kier molecular flexibility index (Phi) is 6.02. The van der Waals surface area contributed by atoms with Gasteiger partial charge in [0.2, 0.25) is 0 Å². The molecule has 2 aliphatic carbocycles. The summed E-state index contributed by atoms with van der Waals surface area (Å²) in [6.07, 6.45) is 10.5. The van der Waals surface area contributed by atoms with Gasteiger partial charge in [-0.05, 0) is 51.7 Å². The Morgan fingerprint density at radius 3 is 2.68 bits per heavy atom. The van der Waals surface area contributed by atoms with E-state index in [1.807, 2.05) is 18.7 Å². The molecule has 19 heavy (non-hydrogen) atoms. The van der Waals surface area contributed by atoms with Crippen molar-refractivity contribution in [2.24, 2.45) is 5.92 Å². The first-order valence-electron chi connectivity index (χ1n) is 7.68. The van der Waals surface area contributed by atoms with Gasteiger partial charge in [0.15, 0.2) is 0 Å². The van der Waals surface area contributed by atoms with Crippen molar-refractivity contribution < 1.29 is 9.53 Å². The summed E-state index contributed by atoms with van der Waals surface area (Å²) < 4.78 is 5.16. The van der Waals surface area contributed by atoms with E-state index >= 15 is 0 Å². The normalized spacial score (nSPS) is 35.3. The highest BCUT2D eigenvalue weighted by atomic mass is 32.2. The van der Waals surface area contributed by atoms with E-state index in [-0.39, 0.29) is 11.9 Å². The molecule has 0 aromatic heterocycles. The van der Waals surface area contributed by atoms with Crippen molar-refractivity contribution >= 4 is 17.7 Å². The first kappa shape index (κ1) is 15.2. The zero-order chi connectivity index (χ0) is 13.7. The topological polar surface area (TPSA) is 38.3 Å². The van der Waals surface area contributed by atoms with Crippen LogP contribution in [0.15, 0.2) is 0 Å². The Hall–Kier alpha value is -0.220. The average Bonchev–Trinajstić information content (AvgIpc) is 2.87. The Labute approximate surface area is 121 Å². The fourth-order valence-electron chi connectivity index (χ4n) is 3.45. The smallest absolute Gasteiger partial charge is 0.308 e. The first-order valence-corrected chi connectivity index (χ1v) is 8.97. The molecule has 1 N–H and O–H groups in total. The number of hydrogen-bond donors (Lipinski definition) is 1. The van der Waals surface area contributed by atoms with E-state index in [4.69, 9.17) is 4.74 Å². The largest absolute Gasteiger partial charge is 0.466 e. The van der Waals surface area contributed by atoms with Gasteiger partial charge in [-0.15, -0.1) is 0 Å². The van der Waals surface area contributed by atoms with Crippen molar-refractivity contribution in [1.82, 2.24) is 5.32 Å². The lowest BCUT2D eigenvalue weighted by Gasteiger charge is -2.30. The minimum Gasteiger partial charge on any atom is -0.466 e. The van der Waals surface area contributed by atoms with Crippen molar-refractivity contribution in [3.63, 3.8) is 0 Å². The standard InChI is InChI=1S/C15H27NO2S/c1-3-18-15(17)11-5-4-6-12(9-11)16-13-7-8-14(10-13)19-2/h11-14,16H,3-10H2,1-2H3. The van der Waals surface area contributed by atoms with E-state index in [2.05, 4.69) is 11.6 Å². The predicted octanol–water partition coefficient (Wildman–Crippen LogP) is 2.98. The summed E-state index contributed by atoms with van der Waals surface area (Å²) in [5.41, 5.74) is 0. The quantitative estimate of drug-likeness (QED) is 0.788. The van der Waals surface area contributed by atoms with Crippen LogP contribution in [0, 0.1) is 5.92 Å². The Bertz CT molecular complexity index is 298. The molecule has 0 radical (unpaired) electrons. The van der Waals surface area contributed by atoms with Crippen LogP contribution in [0.2, 0.25) is 0 Å². The van der Waals surface area contributed by atoms with Gasteiger partial charge in [0, 0.05) is 17.3 Å². The molecule has 0 aliphatic heterocycles. The van der Waals surface area contributed by atoms with Crippen LogP contribution in [0.5, 0.6) is 0 Å². The molecule has 4 heteroatoms. The van der Waals surface area contributed by atoms with Crippen molar-refractivity contribution in [3.8, 4) is 0 Å². The highest BCUT2D eigenvalue weighted by Gasteiger charge is 2.31. The summed E-state index contributed by atoms with van der Waals surface area (Å²) in [6.45, 7) is 2.39. The fraction of sp³-hybridized carbons (Fsp3) is 0.933. The number of thioether (sulfide) groups is 1. The maximum absolute atomic E-state index is 11.8. The molecular weight excluding hydrogens is 258 g/mol. The maximum atomic E-state index is 11.8. The van der Waals surface area contributed by atoms with Gasteiger partial charge >= 0.3 is 5.97 Å². The van der Waals surface area contributed by atoms with Gasteiger partial charge in [-0.1, -0.05) is 6.42 Å². The maximum Gasteiger partial charge on any atom is 0.308 e. The van der Waals surface area contributed by atoms with Crippen LogP contribution in [0.4, 0.5) is 0 Å². The third-order valence-corrected chi connectivity index (χ3v) is 5.58. The molecule has 110 valence electrons. The summed E-state index contributed by atoms with van der Waals surface area (Å²) in [4.78, 5) is 11.8. The van der Waals surface area contributed by atoms with Crippen LogP contribution < -0.4 is 5.32 Å². The number of hydrogen-bond acceptors (Lipinski definition) is 4. The fourth-order valence-corrected chi connectivity index (χ4v) is 4.25. The van der Waals surface area contributed by atoms with Crippen LogP contribution in [-0.4, -0.2) is 36.2 Å². The van der Waals surface area contributed by atoms with Crippen LogP contribution >= 0.6 is 11.8 Å². The molecule has 4 unspecified atom stereocenters. The van der Waals surface area contributed by atoms with Gasteiger partial charge in [-0.3, -0.25) is 4.79 Å². The second-order valence-electron chi connectivity index (χ2n) is 5.85. The van der Waals surface area contributed by atoms with E-state index in [1.54, 1.807) is 0 Å². The van der Waals surface area contributed by atoms with E-state index < -0.39 is 0 Å². The summed E-state index contributed by atoms with van der Waals surface area (Å²) in [5, 5.41) is 4.62. The van der Waals surface area contributed by atoms with Crippen LogP contribution in [0.1, 0.15) is 51.9 Å². The minimum absolute atomic E-state index is 0.0161. The molecule has 0 aromatic carbocycles. The van der Waals surface area contributed by atoms with Crippen LogP contribution in [-0.2, 0) is 9.53 Å². The van der Waals surface area contributed by atoms with Crippen molar-refractivity contribution in [2.75, 3.05) is 12.9 Å². The third kappa shape index (κ3) is 4.38. The number of ether oxygens (including phenoxy) is 1. The zero-order valence-electron chi connectivity index (χ0n) is 12.2. The van der Waals surface area contributed by atoms with Crippen molar-refractivity contribution in [3.05, 3.63) is 0 Å². The molecule has 0 amide bonds. The molecular formula is C15H27NO2S. The van der Waals surface area contributed by atoms with Crippen molar-refractivity contribution in [2.45, 2.75) is 69.2 Å². The molecule has 2 rings (SSSR count). The lowest BCUT2D eigenvalue weighted by Crippen LogP contribution is -2.41. The molecule has 2 saturated carbocycles. The van der Waals surface area contributed by atoms with Gasteiger partial charge in [0.05, 0.1) is 12.5 Å². The predicted molar refractivity (Wildman–Crippen MR) is 80.5 cm³/mol. The molecule has 4 atom stereocenters. The molecule has 0 aromatic rings. The van der Waals surface area contributed by atoms with Gasteiger partial charge in [0.1, 0.15) is 0 Å². The Morgan fingerprint density at radius 1 is 1.21 bits per heavy atom. The monoisotopic (exact) mass is 285 g/mol. The van der Waals surface area contributed by atoms with Crippen molar-refractivity contribution in [1.29, 1.82) is 0 Å². The lowest BCUT2D eigenvalue weighted by atomic mass is 9.85. The number of carbonyl (C=O) groups is 1. The molecule has 0 spiro atoms. The zero-order valence-corrected chi connectivity index (χ0v) is 13.0. The number of rotatable bonds is 5. The molecule has 0 saturated heterocycles. The highest BCUT2D eigenvalue weighted by molar-refractivity contribution is 7.99. The van der Waals surface area contributed by atoms with E-state index in [9.17, 15) is 4.79 Å². The van der Waals surface area contributed by atoms with E-state index in [1.165, 1.54) is 25.7 Å². The van der Waals surface area contributed by atoms with Gasteiger partial charge < -0.3 is 10.1 Å². The lowest BCUT2D eigenvalue weighted by molar-refractivity contribution is -0.149. The van der Waals surface area contributed by atoms with Gasteiger partial charge in [-0.25, -0.2) is 0 Å². The summed E-state index contributed by atoms with van der Waals surface area (Å²) in [7, 11) is 0. The first-order chi connectivity index (χ1) is 9.22. The number of nitrogens with one attached hydrogen (secondary N) is 1. The van der Waals surface area contributed by atoms with E-state index in [0.717, 1.165) is 24.5 Å². The number of carbonyl (C=O) groups excluding carboxylic acids is 1.